The fourth-order valence-electron chi connectivity index (χ4n) is 2.05. The molecule has 0 bridgehead atoms. The maximum atomic E-state index is 14.1. The lowest BCUT2D eigenvalue weighted by atomic mass is 9.87. The van der Waals surface area contributed by atoms with Gasteiger partial charge in [-0.15, -0.1) is 0 Å². The van der Waals surface area contributed by atoms with Gasteiger partial charge in [-0.1, -0.05) is 40.0 Å². The number of nitrogens with zero attached hydrogens (tertiary/aromatic N) is 1. The van der Waals surface area contributed by atoms with Crippen molar-refractivity contribution in [2.24, 2.45) is 5.41 Å². The fraction of sp³-hybridized carbons (Fsp3) is 0.562. The van der Waals surface area contributed by atoms with Crippen LogP contribution in [-0.2, 0) is 0 Å². The van der Waals surface area contributed by atoms with Crippen LogP contribution in [0.1, 0.15) is 52.0 Å². The summed E-state index contributed by atoms with van der Waals surface area (Å²) in [5, 5.41) is 12.0. The minimum absolute atomic E-state index is 0.127. The summed E-state index contributed by atoms with van der Waals surface area (Å²) in [6.07, 6.45) is 4.76. The van der Waals surface area contributed by atoms with Gasteiger partial charge in [0.2, 0.25) is 0 Å². The molecule has 0 saturated heterocycles. The predicted octanol–water partition coefficient (Wildman–Crippen LogP) is 5.48. The number of anilines is 1. The van der Waals surface area contributed by atoms with Crippen LogP contribution in [0.3, 0.4) is 0 Å². The maximum Gasteiger partial charge on any atom is 0.161 e. The van der Waals surface area contributed by atoms with Crippen LogP contribution in [0.5, 0.6) is 0 Å². The Bertz CT molecular complexity index is 492. The molecule has 1 rings (SSSR count). The van der Waals surface area contributed by atoms with E-state index >= 15 is 0 Å². The van der Waals surface area contributed by atoms with E-state index in [1.54, 1.807) is 12.1 Å². The third-order valence-electron chi connectivity index (χ3n) is 3.42. The van der Waals surface area contributed by atoms with E-state index in [1.807, 2.05) is 6.07 Å². The molecule has 0 spiro atoms. The van der Waals surface area contributed by atoms with Gasteiger partial charge in [0.15, 0.2) is 5.82 Å². The first-order valence-corrected chi connectivity index (χ1v) is 7.82. The Morgan fingerprint density at radius 3 is 2.65 bits per heavy atom. The second kappa shape index (κ2) is 7.64. The first kappa shape index (κ1) is 17.0. The predicted molar refractivity (Wildman–Crippen MR) is 85.2 cm³/mol. The second-order valence-corrected chi connectivity index (χ2v) is 6.67. The molecule has 0 saturated carbocycles. The Kier molecular flexibility index (Phi) is 6.48. The van der Waals surface area contributed by atoms with Gasteiger partial charge in [0, 0.05) is 6.54 Å². The molecule has 20 heavy (non-hydrogen) atoms. The molecule has 1 N–H and O–H groups in total. The smallest absolute Gasteiger partial charge is 0.161 e. The van der Waals surface area contributed by atoms with Gasteiger partial charge in [-0.2, -0.15) is 5.26 Å². The molecule has 0 aliphatic carbocycles. The van der Waals surface area contributed by atoms with E-state index in [4.69, 9.17) is 5.26 Å². The van der Waals surface area contributed by atoms with Crippen LogP contribution in [-0.4, -0.2) is 6.54 Å². The second-order valence-electron chi connectivity index (χ2n) is 5.88. The molecule has 0 amide bonds. The Morgan fingerprint density at radius 2 is 2.05 bits per heavy atom. The number of hydrogen-bond donors (Lipinski definition) is 1. The number of nitrogens with one attached hydrogen (secondary N) is 1. The summed E-state index contributed by atoms with van der Waals surface area (Å²) in [5.41, 5.74) is 0.886. The molecule has 0 atom stereocenters. The van der Waals surface area contributed by atoms with E-state index in [1.165, 1.54) is 19.3 Å². The van der Waals surface area contributed by atoms with Gasteiger partial charge in [0.25, 0.3) is 0 Å². The van der Waals surface area contributed by atoms with Crippen LogP contribution in [0.2, 0.25) is 0 Å². The first-order valence-electron chi connectivity index (χ1n) is 7.03. The minimum Gasteiger partial charge on any atom is -0.382 e. The van der Waals surface area contributed by atoms with E-state index in [-0.39, 0.29) is 9.89 Å². The van der Waals surface area contributed by atoms with Gasteiger partial charge in [0.1, 0.15) is 6.07 Å². The van der Waals surface area contributed by atoms with Crippen LogP contribution in [0.25, 0.3) is 0 Å². The molecule has 4 heteroatoms. The molecule has 110 valence electrons. The molecule has 2 nitrogen and oxygen atoms in total. The number of nitriles is 1. The number of benzene rings is 1. The Hall–Kier alpha value is -1.08. The van der Waals surface area contributed by atoms with Gasteiger partial charge in [0.05, 0.1) is 15.7 Å². The largest absolute Gasteiger partial charge is 0.382 e. The molecule has 1 aromatic carbocycles. The van der Waals surface area contributed by atoms with E-state index < -0.39 is 5.82 Å². The lowest BCUT2D eigenvalue weighted by Gasteiger charge is -2.25. The van der Waals surface area contributed by atoms with E-state index in [9.17, 15) is 4.39 Å². The third kappa shape index (κ3) is 4.79. The summed E-state index contributed by atoms with van der Waals surface area (Å²) in [7, 11) is 0. The maximum absolute atomic E-state index is 14.1. The number of halogens is 2. The summed E-state index contributed by atoms with van der Waals surface area (Å²) < 4.78 is 14.3. The topological polar surface area (TPSA) is 35.8 Å². The molecule has 0 heterocycles. The van der Waals surface area contributed by atoms with Crippen LogP contribution in [0.15, 0.2) is 16.6 Å². The van der Waals surface area contributed by atoms with E-state index in [2.05, 4.69) is 42.0 Å². The third-order valence-corrected chi connectivity index (χ3v) is 4.19. The molecule has 0 aliphatic heterocycles. The molecule has 0 fully saturated rings. The zero-order valence-corrected chi connectivity index (χ0v) is 14.0. The first-order chi connectivity index (χ1) is 9.41. The van der Waals surface area contributed by atoms with Crippen LogP contribution >= 0.6 is 15.9 Å². The highest BCUT2D eigenvalue weighted by Gasteiger charge is 2.18. The molecule has 1 aromatic rings. The summed E-state index contributed by atoms with van der Waals surface area (Å²) in [5.74, 6) is -0.395. The van der Waals surface area contributed by atoms with Crippen molar-refractivity contribution in [1.29, 1.82) is 5.26 Å². The number of unbranched alkanes of at least 4 members (excludes halogenated alkanes) is 2. The Morgan fingerprint density at radius 1 is 1.35 bits per heavy atom. The van der Waals surface area contributed by atoms with Crippen molar-refractivity contribution in [3.8, 4) is 6.07 Å². The minimum atomic E-state index is -0.395. The Balaban J connectivity index is 2.66. The van der Waals surface area contributed by atoms with E-state index in [0.29, 0.717) is 17.8 Å². The van der Waals surface area contributed by atoms with Gasteiger partial charge in [-0.3, -0.25) is 0 Å². The fourth-order valence-corrected chi connectivity index (χ4v) is 2.48. The van der Waals surface area contributed by atoms with Gasteiger partial charge < -0.3 is 5.32 Å². The molecular weight excluding hydrogens is 319 g/mol. The average Bonchev–Trinajstić information content (AvgIpc) is 2.41. The van der Waals surface area contributed by atoms with Crippen molar-refractivity contribution in [2.75, 3.05) is 11.9 Å². The number of hydrogen-bond acceptors (Lipinski definition) is 2. The lowest BCUT2D eigenvalue weighted by molar-refractivity contribution is 0.342. The van der Waals surface area contributed by atoms with Crippen LogP contribution < -0.4 is 5.32 Å². The van der Waals surface area contributed by atoms with Crippen LogP contribution in [0.4, 0.5) is 10.1 Å². The van der Waals surface area contributed by atoms with Crippen molar-refractivity contribution in [1.82, 2.24) is 0 Å². The molecule has 0 aliphatic rings. The van der Waals surface area contributed by atoms with Gasteiger partial charge in [-0.25, -0.2) is 4.39 Å². The normalized spacial score (nSPS) is 11.2. The van der Waals surface area contributed by atoms with E-state index in [0.717, 1.165) is 6.42 Å². The van der Waals surface area contributed by atoms with Gasteiger partial charge in [-0.05, 0) is 39.9 Å². The summed E-state index contributed by atoms with van der Waals surface area (Å²) in [4.78, 5) is 0. The summed E-state index contributed by atoms with van der Waals surface area (Å²) in [6, 6.07) is 5.21. The van der Waals surface area contributed by atoms with Crippen molar-refractivity contribution >= 4 is 21.6 Å². The lowest BCUT2D eigenvalue weighted by Crippen LogP contribution is -2.23. The van der Waals surface area contributed by atoms with Crippen molar-refractivity contribution < 1.29 is 4.39 Å². The monoisotopic (exact) mass is 340 g/mol. The van der Waals surface area contributed by atoms with Crippen molar-refractivity contribution in [3.63, 3.8) is 0 Å². The Labute approximate surface area is 129 Å². The van der Waals surface area contributed by atoms with Crippen molar-refractivity contribution in [2.45, 2.75) is 46.5 Å². The van der Waals surface area contributed by atoms with Crippen LogP contribution in [0, 0.1) is 22.6 Å². The highest BCUT2D eigenvalue weighted by molar-refractivity contribution is 9.10. The van der Waals surface area contributed by atoms with Crippen molar-refractivity contribution in [3.05, 3.63) is 28.0 Å². The molecule has 0 aromatic heterocycles. The molecule has 0 unspecified atom stereocenters. The summed E-state index contributed by atoms with van der Waals surface area (Å²) in [6.45, 7) is 7.28. The molecular formula is C16H22BrFN2. The van der Waals surface area contributed by atoms with Gasteiger partial charge >= 0.3 is 0 Å². The highest BCUT2D eigenvalue weighted by Crippen LogP contribution is 2.29. The average molecular weight is 341 g/mol. The standard InChI is InChI=1S/C16H22BrFN2/c1-4-5-6-9-16(2,3)11-20-13-8-7-12(10-19)14(17)15(13)18/h7-8,20H,4-6,9,11H2,1-3H3. The zero-order valence-electron chi connectivity index (χ0n) is 12.4. The number of rotatable bonds is 7. The SMILES string of the molecule is CCCCCC(C)(C)CNc1ccc(C#N)c(Br)c1F. The highest BCUT2D eigenvalue weighted by atomic mass is 79.9. The zero-order chi connectivity index (χ0) is 15.2. The molecule has 0 radical (unpaired) electrons. The summed E-state index contributed by atoms with van der Waals surface area (Å²) >= 11 is 3.13. The quantitative estimate of drug-likeness (QED) is 0.667.